The van der Waals surface area contributed by atoms with Crippen molar-refractivity contribution < 1.29 is 27.4 Å². The first-order chi connectivity index (χ1) is 12.4. The van der Waals surface area contributed by atoms with Crippen LogP contribution in [-0.4, -0.2) is 27.7 Å². The lowest BCUT2D eigenvalue weighted by Crippen LogP contribution is -2.27. The van der Waals surface area contributed by atoms with E-state index in [1.807, 2.05) is 0 Å². The van der Waals surface area contributed by atoms with E-state index in [2.05, 4.69) is 10.0 Å². The Labute approximate surface area is 154 Å². The number of hydrogen-bond acceptors (Lipinski definition) is 6. The molecule has 26 heavy (non-hydrogen) atoms. The molecule has 0 bridgehead atoms. The number of amides is 1. The van der Waals surface area contributed by atoms with Gasteiger partial charge in [0.25, 0.3) is 5.91 Å². The van der Waals surface area contributed by atoms with E-state index in [0.29, 0.717) is 22.7 Å². The highest BCUT2D eigenvalue weighted by Crippen LogP contribution is 2.36. The molecule has 8 nitrogen and oxygen atoms in total. The predicted octanol–water partition coefficient (Wildman–Crippen LogP) is 1.88. The normalized spacial score (nSPS) is 15.2. The van der Waals surface area contributed by atoms with E-state index in [9.17, 15) is 13.2 Å². The van der Waals surface area contributed by atoms with Gasteiger partial charge in [0.2, 0.25) is 16.8 Å². The van der Waals surface area contributed by atoms with Gasteiger partial charge in [-0.1, -0.05) is 17.7 Å². The topological polar surface area (TPSA) is 103 Å². The maximum absolute atomic E-state index is 12.6. The van der Waals surface area contributed by atoms with Crippen molar-refractivity contribution in [1.82, 2.24) is 4.72 Å². The number of hydrogen-bond donors (Lipinski definition) is 2. The third-order valence-electron chi connectivity index (χ3n) is 3.86. The minimum absolute atomic E-state index is 0.0206. The first-order valence-corrected chi connectivity index (χ1v) is 9.43. The van der Waals surface area contributed by atoms with Gasteiger partial charge in [-0.2, -0.15) is 0 Å². The van der Waals surface area contributed by atoms with Crippen LogP contribution in [0.2, 0.25) is 5.02 Å². The van der Waals surface area contributed by atoms with Crippen LogP contribution in [0.4, 0.5) is 5.69 Å². The maximum Gasteiger partial charge on any atom is 0.262 e. The Bertz CT molecular complexity index is 1010. The van der Waals surface area contributed by atoms with E-state index in [-0.39, 0.29) is 41.5 Å². The highest BCUT2D eigenvalue weighted by atomic mass is 35.5. The smallest absolute Gasteiger partial charge is 0.262 e. The zero-order valence-corrected chi connectivity index (χ0v) is 14.8. The number of sulfonamides is 1. The molecule has 0 aliphatic carbocycles. The van der Waals surface area contributed by atoms with Gasteiger partial charge >= 0.3 is 0 Å². The first-order valence-electron chi connectivity index (χ1n) is 7.57. The van der Waals surface area contributed by atoms with Crippen LogP contribution in [0.5, 0.6) is 17.2 Å². The second kappa shape index (κ2) is 6.35. The lowest BCUT2D eigenvalue weighted by Gasteiger charge is -2.19. The monoisotopic (exact) mass is 396 g/mol. The van der Waals surface area contributed by atoms with Crippen LogP contribution in [0.3, 0.4) is 0 Å². The molecule has 0 saturated carbocycles. The van der Waals surface area contributed by atoms with Crippen molar-refractivity contribution in [3.63, 3.8) is 0 Å². The van der Waals surface area contributed by atoms with Gasteiger partial charge in [0, 0.05) is 12.6 Å². The summed E-state index contributed by atoms with van der Waals surface area (Å²) in [6.45, 7) is 0.00844. The molecule has 1 amide bonds. The third kappa shape index (κ3) is 3.16. The molecule has 0 saturated heterocycles. The van der Waals surface area contributed by atoms with Gasteiger partial charge in [-0.25, -0.2) is 13.1 Å². The van der Waals surface area contributed by atoms with Crippen LogP contribution in [0.25, 0.3) is 0 Å². The number of benzene rings is 2. The molecule has 0 aromatic heterocycles. The maximum atomic E-state index is 12.6. The second-order valence-electron chi connectivity index (χ2n) is 5.63. The van der Waals surface area contributed by atoms with E-state index in [4.69, 9.17) is 25.8 Å². The van der Waals surface area contributed by atoms with E-state index < -0.39 is 10.0 Å². The van der Waals surface area contributed by atoms with Gasteiger partial charge in [-0.3, -0.25) is 4.79 Å². The Morgan fingerprint density at radius 3 is 2.73 bits per heavy atom. The third-order valence-corrected chi connectivity index (χ3v) is 5.73. The molecular weight excluding hydrogens is 384 g/mol. The van der Waals surface area contributed by atoms with Gasteiger partial charge in [-0.15, -0.1) is 0 Å². The number of rotatable bonds is 4. The lowest BCUT2D eigenvalue weighted by molar-refractivity contribution is -0.118. The summed E-state index contributed by atoms with van der Waals surface area (Å²) in [4.78, 5) is 11.2. The Morgan fingerprint density at radius 1 is 1.08 bits per heavy atom. The lowest BCUT2D eigenvalue weighted by atomic mass is 10.2. The SMILES string of the molecule is O=C1COc2cc(S(=O)(=O)NCc3ccc4c(c3)OCO4)c(Cl)cc2N1. The summed E-state index contributed by atoms with van der Waals surface area (Å²) in [5.41, 5.74) is 1.04. The number of halogens is 1. The number of carbonyl (C=O) groups is 1. The minimum Gasteiger partial charge on any atom is -0.482 e. The fourth-order valence-corrected chi connectivity index (χ4v) is 4.15. The van der Waals surface area contributed by atoms with Crippen LogP contribution in [0.1, 0.15) is 5.56 Å². The molecule has 0 fully saturated rings. The van der Waals surface area contributed by atoms with Crippen LogP contribution in [0, 0.1) is 0 Å². The highest BCUT2D eigenvalue weighted by Gasteiger charge is 2.24. The molecule has 0 atom stereocenters. The molecule has 2 N–H and O–H groups in total. The molecule has 2 heterocycles. The molecule has 0 radical (unpaired) electrons. The molecular formula is C16H13ClN2O6S. The van der Waals surface area contributed by atoms with Crippen molar-refractivity contribution in [2.75, 3.05) is 18.7 Å². The average molecular weight is 397 g/mol. The number of carbonyl (C=O) groups excluding carboxylic acids is 1. The zero-order chi connectivity index (χ0) is 18.3. The molecule has 0 spiro atoms. The number of ether oxygens (including phenoxy) is 3. The first kappa shape index (κ1) is 17.0. The number of fused-ring (bicyclic) bond motifs is 2. The Hall–Kier alpha value is -2.49. The van der Waals surface area contributed by atoms with Crippen molar-refractivity contribution in [2.24, 2.45) is 0 Å². The van der Waals surface area contributed by atoms with E-state index >= 15 is 0 Å². The summed E-state index contributed by atoms with van der Waals surface area (Å²) < 4.78 is 43.5. The molecule has 2 aromatic rings. The largest absolute Gasteiger partial charge is 0.482 e. The molecule has 2 aliphatic heterocycles. The van der Waals surface area contributed by atoms with Crippen LogP contribution in [-0.2, 0) is 21.4 Å². The van der Waals surface area contributed by atoms with Gasteiger partial charge in [0.15, 0.2) is 18.1 Å². The molecule has 136 valence electrons. The van der Waals surface area contributed by atoms with Crippen LogP contribution >= 0.6 is 11.6 Å². The fraction of sp³-hybridized carbons (Fsp3) is 0.188. The molecule has 10 heteroatoms. The highest BCUT2D eigenvalue weighted by molar-refractivity contribution is 7.89. The summed E-state index contributed by atoms with van der Waals surface area (Å²) in [5, 5.41) is 2.55. The molecule has 2 aromatic carbocycles. The Kier molecular flexibility index (Phi) is 4.14. The summed E-state index contributed by atoms with van der Waals surface area (Å²) in [6.07, 6.45) is 0. The minimum atomic E-state index is -3.90. The van der Waals surface area contributed by atoms with Crippen molar-refractivity contribution >= 4 is 33.2 Å². The van der Waals surface area contributed by atoms with E-state index in [0.717, 1.165) is 0 Å². The van der Waals surface area contributed by atoms with Gasteiger partial charge < -0.3 is 19.5 Å². The summed E-state index contributed by atoms with van der Waals surface area (Å²) in [5.74, 6) is 1.11. The van der Waals surface area contributed by atoms with Crippen molar-refractivity contribution in [1.29, 1.82) is 0 Å². The summed E-state index contributed by atoms with van der Waals surface area (Å²) in [7, 11) is -3.90. The van der Waals surface area contributed by atoms with Crippen molar-refractivity contribution in [3.05, 3.63) is 40.9 Å². The average Bonchev–Trinajstić information content (AvgIpc) is 3.07. The predicted molar refractivity (Wildman–Crippen MR) is 92.2 cm³/mol. The van der Waals surface area contributed by atoms with Gasteiger partial charge in [0.1, 0.15) is 10.6 Å². The van der Waals surface area contributed by atoms with E-state index in [1.165, 1.54) is 12.1 Å². The van der Waals surface area contributed by atoms with Crippen LogP contribution in [0.15, 0.2) is 35.2 Å². The number of nitrogens with one attached hydrogen (secondary N) is 2. The zero-order valence-electron chi connectivity index (χ0n) is 13.2. The fourth-order valence-electron chi connectivity index (χ4n) is 2.59. The van der Waals surface area contributed by atoms with E-state index in [1.54, 1.807) is 18.2 Å². The Morgan fingerprint density at radius 2 is 1.88 bits per heavy atom. The summed E-state index contributed by atoms with van der Waals surface area (Å²) in [6, 6.07) is 7.80. The van der Waals surface area contributed by atoms with Crippen molar-refractivity contribution in [2.45, 2.75) is 11.4 Å². The van der Waals surface area contributed by atoms with Crippen molar-refractivity contribution in [3.8, 4) is 17.2 Å². The Balaban J connectivity index is 1.56. The quantitative estimate of drug-likeness (QED) is 0.818. The molecule has 0 unspecified atom stereocenters. The molecule has 2 aliphatic rings. The summed E-state index contributed by atoms with van der Waals surface area (Å²) >= 11 is 6.09. The number of anilines is 1. The molecule has 4 rings (SSSR count). The second-order valence-corrected chi connectivity index (χ2v) is 7.77. The standard InChI is InChI=1S/C16H13ClN2O6S/c17-10-4-11-13(23-7-16(20)19-11)5-15(10)26(21,22)18-6-9-1-2-12-14(3-9)25-8-24-12/h1-5,18H,6-8H2,(H,19,20). The van der Waals surface area contributed by atoms with Gasteiger partial charge in [0.05, 0.1) is 10.7 Å². The van der Waals surface area contributed by atoms with Gasteiger partial charge in [-0.05, 0) is 23.8 Å². The van der Waals surface area contributed by atoms with Crippen LogP contribution < -0.4 is 24.2 Å².